The van der Waals surface area contributed by atoms with Gasteiger partial charge in [0.15, 0.2) is 5.76 Å². The smallest absolute Gasteiger partial charge is 0.416 e. The molecule has 2 aromatic rings. The maximum atomic E-state index is 12.6. The minimum absolute atomic E-state index is 0.0667. The van der Waals surface area contributed by atoms with E-state index < -0.39 is 29.2 Å². The summed E-state index contributed by atoms with van der Waals surface area (Å²) in [6.07, 6.45) is -3.29. The number of rotatable bonds is 6. The van der Waals surface area contributed by atoms with Crippen LogP contribution in [0.2, 0.25) is 0 Å². The first kappa shape index (κ1) is 26.5. The Morgan fingerprint density at radius 3 is 2.38 bits per heavy atom. The molecule has 0 unspecified atom stereocenters. The maximum absolute atomic E-state index is 12.6. The lowest BCUT2D eigenvalue weighted by Crippen LogP contribution is -2.40. The number of carboxylic acid groups (broad SMARTS) is 2. The molecule has 2 rings (SSSR count). The van der Waals surface area contributed by atoms with Crippen molar-refractivity contribution in [3.8, 4) is 17.6 Å². The number of nitrogens with two attached hydrogens (primary N) is 1. The van der Waals surface area contributed by atoms with Crippen LogP contribution in [0.1, 0.15) is 30.4 Å². The van der Waals surface area contributed by atoms with Crippen LogP contribution in [0.3, 0.4) is 0 Å². The normalized spacial score (nSPS) is 12.4. The highest BCUT2D eigenvalue weighted by molar-refractivity contribution is 6.27. The van der Waals surface area contributed by atoms with Gasteiger partial charge < -0.3 is 30.2 Å². The third-order valence-electron chi connectivity index (χ3n) is 3.83. The number of benzene rings is 1. The van der Waals surface area contributed by atoms with Crippen LogP contribution >= 0.6 is 0 Å². The van der Waals surface area contributed by atoms with E-state index in [0.29, 0.717) is 24.4 Å². The fourth-order valence-corrected chi connectivity index (χ4v) is 2.07. The molecule has 0 saturated heterocycles. The third-order valence-corrected chi connectivity index (χ3v) is 3.83. The number of hydrogen-bond acceptors (Lipinski definition) is 6. The second-order valence-electron chi connectivity index (χ2n) is 6.80. The molecule has 0 aliphatic carbocycles. The predicted molar refractivity (Wildman–Crippen MR) is 106 cm³/mol. The van der Waals surface area contributed by atoms with Gasteiger partial charge >= 0.3 is 18.1 Å². The van der Waals surface area contributed by atoms with Crippen LogP contribution in [0.5, 0.6) is 5.75 Å². The Morgan fingerprint density at radius 2 is 1.81 bits per heavy atom. The van der Waals surface area contributed by atoms with E-state index >= 15 is 0 Å². The zero-order chi connectivity index (χ0) is 24.4. The largest absolute Gasteiger partial charge is 0.481 e. The Hall–Kier alpha value is -3.49. The molecule has 11 heteroatoms. The summed E-state index contributed by atoms with van der Waals surface area (Å²) in [7, 11) is 0. The lowest BCUT2D eigenvalue weighted by atomic mass is 9.98. The summed E-state index contributed by atoms with van der Waals surface area (Å²) in [6, 6.07) is 8.09. The Labute approximate surface area is 181 Å². The highest BCUT2D eigenvalue weighted by Gasteiger charge is 2.30. The van der Waals surface area contributed by atoms with Crippen molar-refractivity contribution in [3.05, 3.63) is 53.5 Å². The number of aryl methyl sites for hydroxylation is 1. The van der Waals surface area contributed by atoms with Gasteiger partial charge in [-0.1, -0.05) is 12.0 Å². The number of aliphatic hydroxyl groups excluding tert-OH is 1. The van der Waals surface area contributed by atoms with E-state index in [4.69, 9.17) is 39.8 Å². The Morgan fingerprint density at radius 1 is 1.16 bits per heavy atom. The van der Waals surface area contributed by atoms with Crippen molar-refractivity contribution in [2.75, 3.05) is 13.2 Å². The number of aliphatic carboxylic acids is 2. The van der Waals surface area contributed by atoms with Crippen molar-refractivity contribution in [2.24, 2.45) is 5.73 Å². The van der Waals surface area contributed by atoms with Crippen LogP contribution in [-0.4, -0.2) is 46.0 Å². The fourth-order valence-electron chi connectivity index (χ4n) is 2.07. The molecule has 0 aliphatic rings. The van der Waals surface area contributed by atoms with Gasteiger partial charge in [0.1, 0.15) is 18.1 Å². The maximum Gasteiger partial charge on any atom is 0.416 e. The third kappa shape index (κ3) is 10.0. The van der Waals surface area contributed by atoms with E-state index in [9.17, 15) is 13.2 Å². The van der Waals surface area contributed by atoms with Gasteiger partial charge in [0.05, 0.1) is 12.2 Å². The number of furan rings is 1. The van der Waals surface area contributed by atoms with Gasteiger partial charge in [-0.3, -0.25) is 0 Å². The predicted octanol–water partition coefficient (Wildman–Crippen LogP) is 2.53. The minimum atomic E-state index is -4.41. The number of alkyl halides is 3. The van der Waals surface area contributed by atoms with Crippen LogP contribution in [0.25, 0.3) is 0 Å². The van der Waals surface area contributed by atoms with Crippen molar-refractivity contribution in [3.63, 3.8) is 0 Å². The van der Waals surface area contributed by atoms with Gasteiger partial charge in [0.25, 0.3) is 0 Å². The number of aliphatic hydroxyl groups is 1. The van der Waals surface area contributed by atoms with E-state index in [1.807, 2.05) is 0 Å². The van der Waals surface area contributed by atoms with Gasteiger partial charge in [-0.2, -0.15) is 13.2 Å². The van der Waals surface area contributed by atoms with Crippen molar-refractivity contribution in [1.29, 1.82) is 0 Å². The SMILES string of the molecule is C[C@](N)(CO)CCc1ccc(C#CCOc2cccc(C(F)(F)F)c2)o1.O=C(O)C(=O)O. The average Bonchev–Trinajstić information content (AvgIpc) is 3.18. The molecule has 0 spiro atoms. The molecule has 0 amide bonds. The number of carbonyl (C=O) groups is 2. The summed E-state index contributed by atoms with van der Waals surface area (Å²) in [5.41, 5.74) is 4.42. The minimum Gasteiger partial charge on any atom is -0.481 e. The molecule has 1 aromatic heterocycles. The Balaban J connectivity index is 0.000000751. The van der Waals surface area contributed by atoms with E-state index in [0.717, 1.165) is 12.1 Å². The van der Waals surface area contributed by atoms with Crippen LogP contribution < -0.4 is 10.5 Å². The van der Waals surface area contributed by atoms with Crippen LogP contribution in [0, 0.1) is 11.8 Å². The molecule has 1 aromatic carbocycles. The highest BCUT2D eigenvalue weighted by atomic mass is 19.4. The summed E-state index contributed by atoms with van der Waals surface area (Å²) in [5, 5.41) is 23.9. The molecular formula is C21H22F3NO7. The second-order valence-corrected chi connectivity index (χ2v) is 6.80. The average molecular weight is 457 g/mol. The number of carboxylic acids is 2. The van der Waals surface area contributed by atoms with E-state index in [2.05, 4.69) is 11.8 Å². The van der Waals surface area contributed by atoms with E-state index in [-0.39, 0.29) is 19.0 Å². The summed E-state index contributed by atoms with van der Waals surface area (Å²) in [4.78, 5) is 18.2. The summed E-state index contributed by atoms with van der Waals surface area (Å²) in [6.45, 7) is 1.57. The Bertz CT molecular complexity index is 960. The van der Waals surface area contributed by atoms with Crippen LogP contribution in [-0.2, 0) is 22.2 Å². The van der Waals surface area contributed by atoms with Crippen molar-refractivity contribution >= 4 is 11.9 Å². The zero-order valence-corrected chi connectivity index (χ0v) is 17.0. The first-order valence-electron chi connectivity index (χ1n) is 9.07. The first-order valence-corrected chi connectivity index (χ1v) is 9.07. The van der Waals surface area contributed by atoms with Crippen molar-refractivity contribution < 1.29 is 47.2 Å². The molecule has 174 valence electrons. The molecular weight excluding hydrogens is 435 g/mol. The summed E-state index contributed by atoms with van der Waals surface area (Å²) >= 11 is 0. The van der Waals surface area contributed by atoms with Gasteiger partial charge in [-0.25, -0.2) is 9.59 Å². The zero-order valence-electron chi connectivity index (χ0n) is 17.0. The van der Waals surface area contributed by atoms with Gasteiger partial charge in [0.2, 0.25) is 0 Å². The molecule has 8 nitrogen and oxygen atoms in total. The molecule has 1 atom stereocenters. The Kier molecular flexibility index (Phi) is 9.77. The molecule has 0 aliphatic heterocycles. The molecule has 32 heavy (non-hydrogen) atoms. The van der Waals surface area contributed by atoms with Gasteiger partial charge in [-0.05, 0) is 49.6 Å². The standard InChI is InChI=1S/C19H20F3NO3.C2H2O4/c1-18(23,13-24)10-9-16-8-7-15(26-16)6-3-11-25-17-5-2-4-14(12-17)19(20,21)22;3-1(4)2(5)6/h2,4-5,7-8,12,24H,9-11,13,23H2,1H3;(H,3,4)(H,5,6)/t18-;/m1./s1. The number of hydrogen-bond donors (Lipinski definition) is 4. The molecule has 0 radical (unpaired) electrons. The molecule has 1 heterocycles. The van der Waals surface area contributed by atoms with Crippen LogP contribution in [0.15, 0.2) is 40.8 Å². The van der Waals surface area contributed by atoms with E-state index in [1.54, 1.807) is 19.1 Å². The van der Waals surface area contributed by atoms with Crippen molar-refractivity contribution in [1.82, 2.24) is 0 Å². The van der Waals surface area contributed by atoms with Crippen molar-refractivity contribution in [2.45, 2.75) is 31.5 Å². The lowest BCUT2D eigenvalue weighted by Gasteiger charge is -2.20. The molecule has 0 saturated carbocycles. The number of halogens is 3. The molecule has 5 N–H and O–H groups in total. The molecule has 0 bridgehead atoms. The topological polar surface area (TPSA) is 143 Å². The van der Waals surface area contributed by atoms with Crippen LogP contribution in [0.4, 0.5) is 13.2 Å². The monoisotopic (exact) mass is 457 g/mol. The quantitative estimate of drug-likeness (QED) is 0.383. The first-order chi connectivity index (χ1) is 14.8. The van der Waals surface area contributed by atoms with Gasteiger partial charge in [-0.15, -0.1) is 0 Å². The fraction of sp³-hybridized carbons (Fsp3) is 0.333. The lowest BCUT2D eigenvalue weighted by molar-refractivity contribution is -0.159. The van der Waals surface area contributed by atoms with E-state index in [1.165, 1.54) is 12.1 Å². The summed E-state index contributed by atoms with van der Waals surface area (Å²) < 4.78 is 48.6. The second kappa shape index (κ2) is 11.8. The molecule has 0 fully saturated rings. The van der Waals surface area contributed by atoms with Gasteiger partial charge in [0, 0.05) is 12.0 Å². The number of ether oxygens (including phenoxy) is 1. The summed E-state index contributed by atoms with van der Waals surface area (Å²) in [5.74, 6) is 3.01. The highest BCUT2D eigenvalue weighted by Crippen LogP contribution is 2.31.